The number of aromatic nitrogens is 4. The van der Waals surface area contributed by atoms with E-state index in [0.717, 1.165) is 41.7 Å². The van der Waals surface area contributed by atoms with Gasteiger partial charge in [0.1, 0.15) is 23.6 Å². The zero-order valence-corrected chi connectivity index (χ0v) is 28.0. The molecule has 13 heteroatoms. The molecule has 2 fully saturated rings. The van der Waals surface area contributed by atoms with Crippen molar-refractivity contribution in [2.24, 2.45) is 0 Å². The molecule has 2 aliphatic carbocycles. The van der Waals surface area contributed by atoms with Crippen molar-refractivity contribution < 1.29 is 26.8 Å². The highest BCUT2D eigenvalue weighted by Crippen LogP contribution is 2.42. The van der Waals surface area contributed by atoms with Gasteiger partial charge in [-0.15, -0.1) is 0 Å². The summed E-state index contributed by atoms with van der Waals surface area (Å²) in [6.07, 6.45) is 5.21. The van der Waals surface area contributed by atoms with Crippen molar-refractivity contribution >= 4 is 33.1 Å². The summed E-state index contributed by atoms with van der Waals surface area (Å²) in [6, 6.07) is 14.3. The van der Waals surface area contributed by atoms with Gasteiger partial charge in [-0.25, -0.2) is 32.5 Å². The maximum atomic E-state index is 16.0. The Morgan fingerprint density at radius 1 is 1.02 bits per heavy atom. The first-order chi connectivity index (χ1) is 23.5. The zero-order valence-electron chi connectivity index (χ0n) is 27.1. The van der Waals surface area contributed by atoms with E-state index in [0.29, 0.717) is 41.4 Å². The summed E-state index contributed by atoms with van der Waals surface area (Å²) in [6.45, 7) is 3.75. The first kappa shape index (κ1) is 31.4. The summed E-state index contributed by atoms with van der Waals surface area (Å²) in [5.41, 5.74) is 3.25. The van der Waals surface area contributed by atoms with E-state index < -0.39 is 27.6 Å². The molecule has 1 atom stereocenters. The minimum absolute atomic E-state index is 0.0177. The third-order valence-corrected chi connectivity index (χ3v) is 11.0. The van der Waals surface area contributed by atoms with Gasteiger partial charge in [0.2, 0.25) is 17.5 Å². The smallest absolute Gasteiger partial charge is 0.264 e. The van der Waals surface area contributed by atoms with Crippen molar-refractivity contribution in [3.05, 3.63) is 88.9 Å². The van der Waals surface area contributed by atoms with Gasteiger partial charge in [0.05, 0.1) is 35.1 Å². The molecule has 49 heavy (non-hydrogen) atoms. The minimum atomic E-state index is -4.23. The number of sulfonamides is 1. The number of halogens is 1. The number of hydrogen-bond donors (Lipinski definition) is 1. The van der Waals surface area contributed by atoms with Crippen LogP contribution < -0.4 is 9.46 Å². The first-order valence-electron chi connectivity index (χ1n) is 16.5. The number of furan rings is 1. The number of hydrogen-bond acceptors (Lipinski definition) is 9. The first-order valence-corrected chi connectivity index (χ1v) is 18.0. The van der Waals surface area contributed by atoms with Gasteiger partial charge < -0.3 is 14.1 Å². The second kappa shape index (κ2) is 11.9. The predicted octanol–water partition coefficient (Wildman–Crippen LogP) is 6.66. The van der Waals surface area contributed by atoms with E-state index in [1.807, 2.05) is 38.1 Å². The fourth-order valence-corrected chi connectivity index (χ4v) is 7.71. The van der Waals surface area contributed by atoms with Gasteiger partial charge in [0, 0.05) is 35.6 Å². The SMILES string of the molecule is Cc1cccc(C)c1-c1cc2nc(n1)NS(=O)(=O)c1cccc(c1)C(=O)N(Cc1cnc3oc(C4CC4)cc3n1)[C@H](CC1(F)CCC1)CO2. The Morgan fingerprint density at radius 3 is 2.53 bits per heavy atom. The maximum Gasteiger partial charge on any atom is 0.264 e. The van der Waals surface area contributed by atoms with Crippen molar-refractivity contribution in [3.8, 4) is 17.1 Å². The quantitative estimate of drug-likeness (QED) is 0.208. The summed E-state index contributed by atoms with van der Waals surface area (Å²) in [4.78, 5) is 34.0. The van der Waals surface area contributed by atoms with Crippen molar-refractivity contribution in [1.82, 2.24) is 24.8 Å². The lowest BCUT2D eigenvalue weighted by molar-refractivity contribution is 0.00500. The largest absolute Gasteiger partial charge is 0.475 e. The minimum Gasteiger partial charge on any atom is -0.475 e. The van der Waals surface area contributed by atoms with E-state index >= 15 is 4.39 Å². The van der Waals surface area contributed by atoms with E-state index in [4.69, 9.17) is 14.1 Å². The van der Waals surface area contributed by atoms with Crippen molar-refractivity contribution in [1.29, 1.82) is 0 Å². The van der Waals surface area contributed by atoms with Crippen LogP contribution in [0.2, 0.25) is 0 Å². The number of nitrogens with one attached hydrogen (secondary N) is 1. The van der Waals surface area contributed by atoms with Crippen LogP contribution in [0.4, 0.5) is 10.3 Å². The number of aryl methyl sites for hydroxylation is 2. The molecule has 2 saturated carbocycles. The lowest BCUT2D eigenvalue weighted by atomic mass is 9.77. The van der Waals surface area contributed by atoms with Crippen LogP contribution in [0.15, 0.2) is 70.1 Å². The fourth-order valence-electron chi connectivity index (χ4n) is 6.73. The van der Waals surface area contributed by atoms with Crippen LogP contribution >= 0.6 is 0 Å². The molecule has 2 aromatic carbocycles. The van der Waals surface area contributed by atoms with Gasteiger partial charge in [0.25, 0.3) is 15.9 Å². The lowest BCUT2D eigenvalue weighted by Crippen LogP contribution is -2.48. The summed E-state index contributed by atoms with van der Waals surface area (Å²) in [7, 11) is -4.23. The Bertz CT molecular complexity index is 2190. The monoisotopic (exact) mass is 682 g/mol. The van der Waals surface area contributed by atoms with Crippen LogP contribution in [0.3, 0.4) is 0 Å². The standard InChI is InChI=1S/C36H35FN6O5S/c1-21-6-3-7-22(2)32(21)28-16-31-41-35(40-28)42-49(45,46)27-9-4-8-24(14-27)34(44)43(26(20-47-31)17-36(37)12-5-13-36)19-25-18-38-33-29(39-25)15-30(48-33)23-10-11-23/h3-4,6-9,14-16,18,23,26H,5,10-13,17,19-20H2,1-2H3,(H,40,41,42)/t26-/m1/s1. The number of benzene rings is 2. The van der Waals surface area contributed by atoms with Gasteiger partial charge in [-0.2, -0.15) is 4.98 Å². The van der Waals surface area contributed by atoms with Crippen molar-refractivity contribution in [3.63, 3.8) is 0 Å². The second-order valence-corrected chi connectivity index (χ2v) is 15.1. The highest BCUT2D eigenvalue weighted by atomic mass is 32.2. The lowest BCUT2D eigenvalue weighted by Gasteiger charge is -2.40. The Labute approximate surface area is 283 Å². The summed E-state index contributed by atoms with van der Waals surface area (Å²) in [5, 5.41) is 0. The fraction of sp³-hybridized carbons (Fsp3) is 0.361. The van der Waals surface area contributed by atoms with Crippen LogP contribution in [0.1, 0.15) is 77.4 Å². The van der Waals surface area contributed by atoms with Crippen LogP contribution in [0.5, 0.6) is 5.88 Å². The number of anilines is 1. The average molecular weight is 683 g/mol. The molecule has 3 aliphatic rings. The van der Waals surface area contributed by atoms with Gasteiger partial charge in [0.15, 0.2) is 0 Å². The normalized spacial score (nSPS) is 19.9. The number of nitrogens with zero attached hydrogens (tertiary/aromatic N) is 5. The number of amides is 1. The second-order valence-electron chi connectivity index (χ2n) is 13.4. The molecule has 1 N–H and O–H groups in total. The third kappa shape index (κ3) is 6.23. The molecule has 0 saturated heterocycles. The van der Waals surface area contributed by atoms with Gasteiger partial charge in [-0.1, -0.05) is 24.3 Å². The topological polar surface area (TPSA) is 140 Å². The number of fused-ring (bicyclic) bond motifs is 5. The Hall–Kier alpha value is -4.91. The van der Waals surface area contributed by atoms with Crippen LogP contribution in [0, 0.1) is 13.8 Å². The molecule has 252 valence electrons. The number of carbonyl (C=O) groups is 1. The molecule has 4 heterocycles. The highest BCUT2D eigenvalue weighted by Gasteiger charge is 2.42. The molecule has 0 spiro atoms. The van der Waals surface area contributed by atoms with Crippen LogP contribution in [-0.2, 0) is 16.6 Å². The molecular formula is C36H35FN6O5S. The summed E-state index contributed by atoms with van der Waals surface area (Å²) in [5.74, 6) is 0.629. The number of rotatable bonds is 6. The molecule has 1 aliphatic heterocycles. The molecule has 0 radical (unpaired) electrons. The number of alkyl halides is 1. The molecule has 1 amide bonds. The predicted molar refractivity (Wildman–Crippen MR) is 179 cm³/mol. The van der Waals surface area contributed by atoms with E-state index in [1.54, 1.807) is 18.3 Å². The number of ether oxygens (including phenoxy) is 1. The van der Waals surface area contributed by atoms with Crippen LogP contribution in [-0.4, -0.2) is 57.5 Å². The van der Waals surface area contributed by atoms with E-state index in [9.17, 15) is 13.2 Å². The zero-order chi connectivity index (χ0) is 33.9. The highest BCUT2D eigenvalue weighted by molar-refractivity contribution is 7.92. The Kier molecular flexibility index (Phi) is 7.62. The Morgan fingerprint density at radius 2 is 1.80 bits per heavy atom. The Balaban J connectivity index is 1.24. The van der Waals surface area contributed by atoms with Crippen molar-refractivity contribution in [2.75, 3.05) is 11.3 Å². The van der Waals surface area contributed by atoms with E-state index in [2.05, 4.69) is 19.7 Å². The van der Waals surface area contributed by atoms with Crippen molar-refractivity contribution in [2.45, 2.75) is 81.4 Å². The van der Waals surface area contributed by atoms with Gasteiger partial charge in [-0.05, 0) is 75.3 Å². The van der Waals surface area contributed by atoms with E-state index in [-0.39, 0.29) is 41.9 Å². The van der Waals surface area contributed by atoms with Gasteiger partial charge in [-0.3, -0.25) is 4.79 Å². The average Bonchev–Trinajstić information content (AvgIpc) is 3.82. The molecule has 4 bridgehead atoms. The molecule has 3 aromatic heterocycles. The summed E-state index contributed by atoms with van der Waals surface area (Å²) < 4.78 is 58.0. The maximum absolute atomic E-state index is 16.0. The van der Waals surface area contributed by atoms with Crippen LogP contribution in [0.25, 0.3) is 22.5 Å². The molecule has 8 rings (SSSR count). The molecular weight excluding hydrogens is 647 g/mol. The summed E-state index contributed by atoms with van der Waals surface area (Å²) >= 11 is 0. The van der Waals surface area contributed by atoms with E-state index in [1.165, 1.54) is 23.1 Å². The number of carbonyl (C=O) groups excluding carboxylic acids is 1. The molecule has 11 nitrogen and oxygen atoms in total. The van der Waals surface area contributed by atoms with Gasteiger partial charge >= 0.3 is 0 Å². The molecule has 0 unspecified atom stereocenters. The third-order valence-electron chi connectivity index (χ3n) is 9.65. The molecule has 5 aromatic rings.